The number of carbonyl (C=O) groups is 2. The second-order valence-corrected chi connectivity index (χ2v) is 5.78. The van der Waals surface area contributed by atoms with Gasteiger partial charge in [0.1, 0.15) is 6.04 Å². The number of amides is 2. The minimum atomic E-state index is -0.389. The molecule has 0 radical (unpaired) electrons. The molecule has 5 heteroatoms. The summed E-state index contributed by atoms with van der Waals surface area (Å²) < 4.78 is 0. The number of benzene rings is 1. The molecular weight excluding hydrogens is 266 g/mol. The molecule has 0 aromatic heterocycles. The summed E-state index contributed by atoms with van der Waals surface area (Å²) in [5.41, 5.74) is 2.02. The normalized spacial score (nSPS) is 15.6. The summed E-state index contributed by atoms with van der Waals surface area (Å²) in [7, 11) is 3.72. The van der Waals surface area contributed by atoms with Crippen molar-refractivity contribution in [3.63, 3.8) is 0 Å². The topological polar surface area (TPSA) is 61.4 Å². The van der Waals surface area contributed by atoms with Crippen LogP contribution in [0.1, 0.15) is 30.0 Å². The summed E-state index contributed by atoms with van der Waals surface area (Å²) in [6.45, 7) is 2.02. The fourth-order valence-corrected chi connectivity index (χ4v) is 2.32. The largest absolute Gasteiger partial charge is 0.352 e. The van der Waals surface area contributed by atoms with Crippen molar-refractivity contribution in [2.45, 2.75) is 31.8 Å². The Bertz CT molecular complexity index is 524. The second kappa shape index (κ2) is 6.72. The zero-order valence-electron chi connectivity index (χ0n) is 12.8. The van der Waals surface area contributed by atoms with Crippen molar-refractivity contribution in [3.8, 4) is 0 Å². The standard InChI is InChI=1S/C16H23N3O2/c1-11-6-4-5-7-13(11)15(19(2)3)16(21)17-10-14(20)18-12-8-9-12/h4-7,12,15H,8-10H2,1-3H3,(H,17,21)(H,18,20). The van der Waals surface area contributed by atoms with Gasteiger partial charge in [0.2, 0.25) is 11.8 Å². The first-order valence-electron chi connectivity index (χ1n) is 7.28. The lowest BCUT2D eigenvalue weighted by Crippen LogP contribution is -2.42. The van der Waals surface area contributed by atoms with Crippen LogP contribution in [0.5, 0.6) is 0 Å². The van der Waals surface area contributed by atoms with Crippen LogP contribution in [0, 0.1) is 6.92 Å². The van der Waals surface area contributed by atoms with Crippen LogP contribution in [0.15, 0.2) is 24.3 Å². The SMILES string of the molecule is Cc1ccccc1C(C(=O)NCC(=O)NC1CC1)N(C)C. The summed E-state index contributed by atoms with van der Waals surface area (Å²) in [6, 6.07) is 7.73. The van der Waals surface area contributed by atoms with E-state index in [-0.39, 0.29) is 24.4 Å². The molecule has 1 unspecified atom stereocenters. The Morgan fingerprint density at radius 2 is 1.95 bits per heavy atom. The fourth-order valence-electron chi connectivity index (χ4n) is 2.32. The number of aryl methyl sites for hydroxylation is 1. The molecule has 2 rings (SSSR count). The summed E-state index contributed by atoms with van der Waals surface area (Å²) in [4.78, 5) is 25.9. The lowest BCUT2D eigenvalue weighted by molar-refractivity contribution is -0.129. The third kappa shape index (κ3) is 4.29. The Balaban J connectivity index is 1.99. The van der Waals surface area contributed by atoms with Gasteiger partial charge in [0.15, 0.2) is 0 Å². The Hall–Kier alpha value is -1.88. The molecule has 0 spiro atoms. The van der Waals surface area contributed by atoms with Gasteiger partial charge in [-0.2, -0.15) is 0 Å². The molecule has 2 amide bonds. The van der Waals surface area contributed by atoms with Crippen molar-refractivity contribution >= 4 is 11.8 Å². The van der Waals surface area contributed by atoms with Crippen LogP contribution in [0.3, 0.4) is 0 Å². The predicted molar refractivity (Wildman–Crippen MR) is 81.8 cm³/mol. The molecule has 1 saturated carbocycles. The van der Waals surface area contributed by atoms with Gasteiger partial charge in [-0.3, -0.25) is 14.5 Å². The number of nitrogens with one attached hydrogen (secondary N) is 2. The smallest absolute Gasteiger partial charge is 0.242 e. The molecule has 1 aliphatic rings. The van der Waals surface area contributed by atoms with Crippen LogP contribution < -0.4 is 10.6 Å². The number of carbonyl (C=O) groups excluding carboxylic acids is 2. The minimum Gasteiger partial charge on any atom is -0.352 e. The minimum absolute atomic E-state index is 0.0333. The highest BCUT2D eigenvalue weighted by Gasteiger charge is 2.26. The van der Waals surface area contributed by atoms with E-state index in [1.807, 2.05) is 50.2 Å². The molecule has 2 N–H and O–H groups in total. The molecule has 1 aliphatic carbocycles. The van der Waals surface area contributed by atoms with E-state index >= 15 is 0 Å². The zero-order chi connectivity index (χ0) is 15.4. The first-order chi connectivity index (χ1) is 9.99. The third-order valence-electron chi connectivity index (χ3n) is 3.61. The average Bonchev–Trinajstić information content (AvgIpc) is 3.22. The molecule has 0 saturated heterocycles. The molecule has 114 valence electrons. The summed E-state index contributed by atoms with van der Waals surface area (Å²) in [5.74, 6) is -0.270. The van der Waals surface area contributed by atoms with Crippen molar-refractivity contribution in [1.82, 2.24) is 15.5 Å². The molecule has 1 aromatic rings. The molecule has 0 bridgehead atoms. The highest BCUT2D eigenvalue weighted by Crippen LogP contribution is 2.22. The van der Waals surface area contributed by atoms with Crippen molar-refractivity contribution in [1.29, 1.82) is 0 Å². The van der Waals surface area contributed by atoms with Crippen molar-refractivity contribution in [2.24, 2.45) is 0 Å². The lowest BCUT2D eigenvalue weighted by Gasteiger charge is -2.25. The number of nitrogens with zero attached hydrogens (tertiary/aromatic N) is 1. The van der Waals surface area contributed by atoms with Gasteiger partial charge in [-0.1, -0.05) is 24.3 Å². The van der Waals surface area contributed by atoms with Gasteiger partial charge in [0.25, 0.3) is 0 Å². The fraction of sp³-hybridized carbons (Fsp3) is 0.500. The van der Waals surface area contributed by atoms with Crippen LogP contribution in [0.25, 0.3) is 0 Å². The van der Waals surface area contributed by atoms with E-state index in [0.29, 0.717) is 6.04 Å². The van der Waals surface area contributed by atoms with Crippen LogP contribution in [0.4, 0.5) is 0 Å². The molecule has 1 fully saturated rings. The van der Waals surface area contributed by atoms with Crippen LogP contribution in [0.2, 0.25) is 0 Å². The Morgan fingerprint density at radius 3 is 2.52 bits per heavy atom. The first-order valence-corrected chi connectivity index (χ1v) is 7.28. The van der Waals surface area contributed by atoms with E-state index in [1.165, 1.54) is 0 Å². The van der Waals surface area contributed by atoms with E-state index in [2.05, 4.69) is 10.6 Å². The number of hydrogen-bond acceptors (Lipinski definition) is 3. The molecule has 1 aromatic carbocycles. The van der Waals surface area contributed by atoms with Crippen LogP contribution >= 0.6 is 0 Å². The van der Waals surface area contributed by atoms with Gasteiger partial charge in [0, 0.05) is 6.04 Å². The maximum absolute atomic E-state index is 12.4. The van der Waals surface area contributed by atoms with Crippen molar-refractivity contribution in [3.05, 3.63) is 35.4 Å². The number of hydrogen-bond donors (Lipinski definition) is 2. The Kier molecular flexibility index (Phi) is 4.96. The average molecular weight is 289 g/mol. The van der Waals surface area contributed by atoms with E-state index in [1.54, 1.807) is 0 Å². The van der Waals surface area contributed by atoms with Crippen LogP contribution in [-0.2, 0) is 9.59 Å². The third-order valence-corrected chi connectivity index (χ3v) is 3.61. The van der Waals surface area contributed by atoms with E-state index in [0.717, 1.165) is 24.0 Å². The maximum atomic E-state index is 12.4. The van der Waals surface area contributed by atoms with Gasteiger partial charge >= 0.3 is 0 Å². The first kappa shape index (κ1) is 15.5. The molecule has 0 aliphatic heterocycles. The molecule has 21 heavy (non-hydrogen) atoms. The number of rotatable bonds is 6. The molecule has 5 nitrogen and oxygen atoms in total. The van der Waals surface area contributed by atoms with Crippen LogP contribution in [-0.4, -0.2) is 43.4 Å². The van der Waals surface area contributed by atoms with Gasteiger partial charge in [-0.15, -0.1) is 0 Å². The van der Waals surface area contributed by atoms with Gasteiger partial charge < -0.3 is 10.6 Å². The molecule has 1 atom stereocenters. The summed E-state index contributed by atoms with van der Waals surface area (Å²) >= 11 is 0. The summed E-state index contributed by atoms with van der Waals surface area (Å²) in [5, 5.41) is 5.59. The molecular formula is C16H23N3O2. The van der Waals surface area contributed by atoms with Gasteiger partial charge in [0.05, 0.1) is 6.54 Å². The highest BCUT2D eigenvalue weighted by atomic mass is 16.2. The van der Waals surface area contributed by atoms with Crippen molar-refractivity contribution in [2.75, 3.05) is 20.6 Å². The quantitative estimate of drug-likeness (QED) is 0.821. The van der Waals surface area contributed by atoms with E-state index in [9.17, 15) is 9.59 Å². The predicted octanol–water partition coefficient (Wildman–Crippen LogP) is 0.993. The van der Waals surface area contributed by atoms with Gasteiger partial charge in [-0.05, 0) is 45.0 Å². The monoisotopic (exact) mass is 289 g/mol. The maximum Gasteiger partial charge on any atom is 0.242 e. The lowest BCUT2D eigenvalue weighted by atomic mass is 10.00. The summed E-state index contributed by atoms with van der Waals surface area (Å²) in [6.07, 6.45) is 2.09. The Labute approximate surface area is 125 Å². The van der Waals surface area contributed by atoms with E-state index in [4.69, 9.17) is 0 Å². The second-order valence-electron chi connectivity index (χ2n) is 5.78. The number of likely N-dealkylation sites (N-methyl/N-ethyl adjacent to an activating group) is 1. The molecule has 0 heterocycles. The highest BCUT2D eigenvalue weighted by molar-refractivity contribution is 5.88. The van der Waals surface area contributed by atoms with E-state index < -0.39 is 0 Å². The Morgan fingerprint density at radius 1 is 1.29 bits per heavy atom. The zero-order valence-corrected chi connectivity index (χ0v) is 12.8. The van der Waals surface area contributed by atoms with Gasteiger partial charge in [-0.25, -0.2) is 0 Å². The van der Waals surface area contributed by atoms with Crippen molar-refractivity contribution < 1.29 is 9.59 Å².